The number of rotatable bonds is 4. The Balaban J connectivity index is 2.97. The number of ether oxygens (including phenoxy) is 1. The molecule has 80 valence electrons. The van der Waals surface area contributed by atoms with Gasteiger partial charge in [-0.05, 0) is 13.8 Å². The summed E-state index contributed by atoms with van der Waals surface area (Å²) < 4.78 is 6.96. The Morgan fingerprint density at radius 1 is 1.71 bits per heavy atom. The van der Waals surface area contributed by atoms with Crippen LogP contribution >= 0.6 is 11.6 Å². The number of aryl methyl sites for hydroxylation is 1. The van der Waals surface area contributed by atoms with Crippen LogP contribution in [0.25, 0.3) is 0 Å². The fourth-order valence-electron chi connectivity index (χ4n) is 1.32. The number of nitrogens with zero attached hydrogens (tertiary/aromatic N) is 2. The highest BCUT2D eigenvalue weighted by atomic mass is 35.5. The molecule has 0 aliphatic heterocycles. The van der Waals surface area contributed by atoms with Gasteiger partial charge in [0.25, 0.3) is 0 Å². The fraction of sp³-hybridized carbons (Fsp3) is 0.667. The van der Waals surface area contributed by atoms with Gasteiger partial charge < -0.3 is 10.5 Å². The first-order chi connectivity index (χ1) is 6.61. The van der Waals surface area contributed by atoms with E-state index < -0.39 is 0 Å². The van der Waals surface area contributed by atoms with E-state index in [0.29, 0.717) is 5.02 Å². The minimum atomic E-state index is -0.241. The number of hydrogen-bond acceptors (Lipinski definition) is 3. The van der Waals surface area contributed by atoms with E-state index in [1.54, 1.807) is 18.0 Å². The average molecular weight is 218 g/mol. The minimum Gasteiger partial charge on any atom is -0.380 e. The molecule has 14 heavy (non-hydrogen) atoms. The third-order valence-corrected chi connectivity index (χ3v) is 2.62. The van der Waals surface area contributed by atoms with Gasteiger partial charge in [0.05, 0.1) is 29.1 Å². The highest BCUT2D eigenvalue weighted by molar-refractivity contribution is 6.31. The van der Waals surface area contributed by atoms with E-state index in [0.717, 1.165) is 12.2 Å². The van der Waals surface area contributed by atoms with Crippen molar-refractivity contribution in [3.8, 4) is 0 Å². The summed E-state index contributed by atoms with van der Waals surface area (Å²) in [6.45, 7) is 4.66. The van der Waals surface area contributed by atoms with Crippen LogP contribution in [0.4, 0.5) is 0 Å². The van der Waals surface area contributed by atoms with Crippen LogP contribution in [0.5, 0.6) is 0 Å². The minimum absolute atomic E-state index is 0.0745. The number of nitrogens with two attached hydrogens (primary N) is 1. The highest BCUT2D eigenvalue weighted by Gasteiger charge is 2.21. The summed E-state index contributed by atoms with van der Waals surface area (Å²) in [5.74, 6) is 0. The van der Waals surface area contributed by atoms with Gasteiger partial charge in [0.2, 0.25) is 0 Å². The molecule has 0 amide bonds. The summed E-state index contributed by atoms with van der Waals surface area (Å²) in [6, 6.07) is -0.241. The van der Waals surface area contributed by atoms with E-state index in [1.807, 2.05) is 13.8 Å². The van der Waals surface area contributed by atoms with Crippen LogP contribution in [-0.4, -0.2) is 23.0 Å². The number of halogens is 1. The van der Waals surface area contributed by atoms with Crippen LogP contribution < -0.4 is 5.73 Å². The van der Waals surface area contributed by atoms with Crippen molar-refractivity contribution < 1.29 is 4.74 Å². The summed E-state index contributed by atoms with van der Waals surface area (Å²) in [4.78, 5) is 0. The third-order valence-electron chi connectivity index (χ3n) is 2.33. The molecule has 0 saturated heterocycles. The molecule has 2 N–H and O–H groups in total. The van der Waals surface area contributed by atoms with E-state index in [-0.39, 0.29) is 12.1 Å². The Hall–Kier alpha value is -0.580. The molecule has 0 bridgehead atoms. The molecule has 1 rings (SSSR count). The van der Waals surface area contributed by atoms with Gasteiger partial charge in [0, 0.05) is 13.7 Å². The molecular weight excluding hydrogens is 202 g/mol. The second-order valence-electron chi connectivity index (χ2n) is 3.16. The monoisotopic (exact) mass is 217 g/mol. The van der Waals surface area contributed by atoms with Gasteiger partial charge in [-0.2, -0.15) is 5.10 Å². The summed E-state index contributed by atoms with van der Waals surface area (Å²) in [5.41, 5.74) is 6.84. The Kier molecular flexibility index (Phi) is 3.92. The van der Waals surface area contributed by atoms with Gasteiger partial charge in [-0.25, -0.2) is 0 Å². The second kappa shape index (κ2) is 4.77. The molecule has 5 heteroatoms. The lowest BCUT2D eigenvalue weighted by Crippen LogP contribution is -2.28. The van der Waals surface area contributed by atoms with Crippen LogP contribution in [0.1, 0.15) is 25.6 Å². The van der Waals surface area contributed by atoms with Gasteiger partial charge in [-0.1, -0.05) is 11.6 Å². The summed E-state index contributed by atoms with van der Waals surface area (Å²) in [5, 5.41) is 4.72. The van der Waals surface area contributed by atoms with E-state index in [2.05, 4.69) is 5.10 Å². The van der Waals surface area contributed by atoms with Crippen molar-refractivity contribution >= 4 is 11.6 Å². The zero-order valence-corrected chi connectivity index (χ0v) is 9.45. The molecule has 1 aromatic heterocycles. The second-order valence-corrected chi connectivity index (χ2v) is 3.57. The van der Waals surface area contributed by atoms with Gasteiger partial charge in [-0.3, -0.25) is 4.68 Å². The van der Waals surface area contributed by atoms with Crippen molar-refractivity contribution in [3.05, 3.63) is 16.9 Å². The van der Waals surface area contributed by atoms with Crippen molar-refractivity contribution in [2.75, 3.05) is 7.11 Å². The zero-order valence-electron chi connectivity index (χ0n) is 8.70. The Bertz CT molecular complexity index is 300. The molecule has 0 saturated carbocycles. The predicted octanol–water partition coefficient (Wildman–Crippen LogP) is 1.59. The molecule has 1 aromatic rings. The molecule has 0 aromatic carbocycles. The van der Waals surface area contributed by atoms with Crippen LogP contribution in [0, 0.1) is 0 Å². The molecule has 4 nitrogen and oxygen atoms in total. The van der Waals surface area contributed by atoms with Gasteiger partial charge in [0.15, 0.2) is 0 Å². The summed E-state index contributed by atoms with van der Waals surface area (Å²) >= 11 is 6.00. The quantitative estimate of drug-likeness (QED) is 0.834. The standard InChI is InChI=1S/C9H16ClN3O/c1-4-13-9(7(10)5-12-13)8(11)6(2)14-3/h5-6,8H,4,11H2,1-3H3. The SMILES string of the molecule is CCn1ncc(Cl)c1C(N)C(C)OC. The first-order valence-corrected chi connectivity index (χ1v) is 4.99. The van der Waals surface area contributed by atoms with E-state index in [4.69, 9.17) is 22.1 Å². The molecule has 0 aliphatic carbocycles. The van der Waals surface area contributed by atoms with Crippen LogP contribution in [0.3, 0.4) is 0 Å². The fourth-order valence-corrected chi connectivity index (χ4v) is 1.59. The van der Waals surface area contributed by atoms with E-state index in [9.17, 15) is 0 Å². The first-order valence-electron chi connectivity index (χ1n) is 4.61. The third kappa shape index (κ3) is 2.08. The van der Waals surface area contributed by atoms with Crippen LogP contribution in [0.2, 0.25) is 5.02 Å². The summed E-state index contributed by atoms with van der Waals surface area (Å²) in [7, 11) is 1.63. The lowest BCUT2D eigenvalue weighted by Gasteiger charge is -2.19. The molecule has 0 aliphatic rings. The Labute approximate surface area is 89.0 Å². The van der Waals surface area contributed by atoms with Crippen LogP contribution in [0.15, 0.2) is 6.20 Å². The number of hydrogen-bond donors (Lipinski definition) is 1. The van der Waals surface area contributed by atoms with Gasteiger partial charge in [0.1, 0.15) is 0 Å². The van der Waals surface area contributed by atoms with Crippen molar-refractivity contribution in [2.45, 2.75) is 32.5 Å². The largest absolute Gasteiger partial charge is 0.380 e. The predicted molar refractivity (Wildman–Crippen MR) is 56.3 cm³/mol. The van der Waals surface area contributed by atoms with Gasteiger partial charge >= 0.3 is 0 Å². The number of aromatic nitrogens is 2. The first kappa shape index (κ1) is 11.5. The van der Waals surface area contributed by atoms with Crippen molar-refractivity contribution in [1.29, 1.82) is 0 Å². The Morgan fingerprint density at radius 3 is 2.86 bits per heavy atom. The molecule has 0 spiro atoms. The maximum atomic E-state index is 6.00. The van der Waals surface area contributed by atoms with Crippen molar-refractivity contribution in [2.24, 2.45) is 5.73 Å². The molecule has 2 atom stereocenters. The van der Waals surface area contributed by atoms with E-state index in [1.165, 1.54) is 0 Å². The zero-order chi connectivity index (χ0) is 10.7. The Morgan fingerprint density at radius 2 is 2.36 bits per heavy atom. The van der Waals surface area contributed by atoms with Gasteiger partial charge in [-0.15, -0.1) is 0 Å². The average Bonchev–Trinajstić information content (AvgIpc) is 2.57. The molecular formula is C9H16ClN3O. The smallest absolute Gasteiger partial charge is 0.0835 e. The van der Waals surface area contributed by atoms with E-state index >= 15 is 0 Å². The van der Waals surface area contributed by atoms with Crippen molar-refractivity contribution in [1.82, 2.24) is 9.78 Å². The lowest BCUT2D eigenvalue weighted by molar-refractivity contribution is 0.0930. The van der Waals surface area contributed by atoms with Crippen LogP contribution in [-0.2, 0) is 11.3 Å². The molecule has 0 radical (unpaired) electrons. The molecule has 1 heterocycles. The highest BCUT2D eigenvalue weighted by Crippen LogP contribution is 2.24. The topological polar surface area (TPSA) is 53.1 Å². The lowest BCUT2D eigenvalue weighted by atomic mass is 10.1. The summed E-state index contributed by atoms with van der Waals surface area (Å²) in [6.07, 6.45) is 1.54. The maximum Gasteiger partial charge on any atom is 0.0835 e. The molecule has 0 fully saturated rings. The molecule has 2 unspecified atom stereocenters. The maximum absolute atomic E-state index is 6.00. The number of methoxy groups -OCH3 is 1. The normalized spacial score (nSPS) is 15.5. The van der Waals surface area contributed by atoms with Crippen molar-refractivity contribution in [3.63, 3.8) is 0 Å².